The maximum atomic E-state index is 10.6. The third-order valence-corrected chi connectivity index (χ3v) is 11.3. The Bertz CT molecular complexity index is 642. The number of aliphatic hydroxyl groups excluding tert-OH is 2. The van der Waals surface area contributed by atoms with Crippen LogP contribution in [-0.4, -0.2) is 99.0 Å². The monoisotopic (exact) mass is 797 g/mol. The van der Waals surface area contributed by atoms with Crippen LogP contribution in [0.3, 0.4) is 0 Å². The van der Waals surface area contributed by atoms with E-state index in [4.69, 9.17) is 4.74 Å². The third-order valence-electron chi connectivity index (χ3n) is 11.3. The number of quaternary nitrogens is 2. The zero-order valence-corrected chi connectivity index (χ0v) is 38.5. The van der Waals surface area contributed by atoms with Crippen LogP contribution in [0, 0.1) is 0 Å². The van der Waals surface area contributed by atoms with Crippen molar-refractivity contribution in [2.24, 2.45) is 0 Å². The van der Waals surface area contributed by atoms with Gasteiger partial charge in [0.05, 0.1) is 54.5 Å². The molecule has 324 valence electrons. The summed E-state index contributed by atoms with van der Waals surface area (Å²) in [6.07, 6.45) is 43.7. The van der Waals surface area contributed by atoms with Gasteiger partial charge in [0.1, 0.15) is 25.3 Å². The first kappa shape index (κ1) is 57.7. The molecule has 0 saturated heterocycles. The number of unbranched alkanes of at least 4 members (excludes halogenated alkanes) is 30. The summed E-state index contributed by atoms with van der Waals surface area (Å²) in [4.78, 5) is 0. The second-order valence-corrected chi connectivity index (χ2v) is 18.1. The molecule has 0 amide bonds. The van der Waals surface area contributed by atoms with Crippen LogP contribution < -0.4 is 24.8 Å². The Hall–Kier alpha value is 0.380. The number of nitrogens with zero attached hydrogens (tertiary/aromatic N) is 2. The third kappa shape index (κ3) is 45.0. The fourth-order valence-electron chi connectivity index (χ4n) is 7.95. The lowest BCUT2D eigenvalue weighted by molar-refractivity contribution is -0.894. The van der Waals surface area contributed by atoms with Gasteiger partial charge >= 0.3 is 0 Å². The van der Waals surface area contributed by atoms with E-state index in [-0.39, 0.29) is 24.8 Å². The average molecular weight is 798 g/mol. The molecule has 0 aromatic heterocycles. The zero-order valence-electron chi connectivity index (χ0n) is 37.0. The van der Waals surface area contributed by atoms with Crippen LogP contribution in [0.1, 0.15) is 219 Å². The Morgan fingerprint density at radius 3 is 0.736 bits per heavy atom. The van der Waals surface area contributed by atoms with Crippen LogP contribution in [0.4, 0.5) is 0 Å². The molecule has 0 rings (SSSR count). The molecule has 0 aliphatic carbocycles. The minimum Gasteiger partial charge on any atom is -1.00 e. The molecular formula is C46H98Cl2N2O3. The van der Waals surface area contributed by atoms with Crippen molar-refractivity contribution in [2.45, 2.75) is 232 Å². The summed E-state index contributed by atoms with van der Waals surface area (Å²) >= 11 is 0. The van der Waals surface area contributed by atoms with Gasteiger partial charge in [-0.25, -0.2) is 0 Å². The molecule has 0 heterocycles. The molecule has 7 heteroatoms. The topological polar surface area (TPSA) is 49.7 Å². The van der Waals surface area contributed by atoms with Gasteiger partial charge in [0.15, 0.2) is 0 Å². The fourth-order valence-corrected chi connectivity index (χ4v) is 7.95. The van der Waals surface area contributed by atoms with Crippen LogP contribution in [0.5, 0.6) is 0 Å². The van der Waals surface area contributed by atoms with Gasteiger partial charge in [0.2, 0.25) is 0 Å². The second kappa shape index (κ2) is 42.0. The van der Waals surface area contributed by atoms with E-state index in [0.717, 1.165) is 22.1 Å². The quantitative estimate of drug-likeness (QED) is 0.0556. The molecule has 0 fully saturated rings. The zero-order chi connectivity index (χ0) is 37.7. The number of hydrogen-bond acceptors (Lipinski definition) is 3. The van der Waals surface area contributed by atoms with Gasteiger partial charge in [-0.2, -0.15) is 0 Å². The molecule has 0 aromatic carbocycles. The highest BCUT2D eigenvalue weighted by atomic mass is 35.5. The van der Waals surface area contributed by atoms with Crippen molar-refractivity contribution in [3.63, 3.8) is 0 Å². The van der Waals surface area contributed by atoms with Crippen LogP contribution in [-0.2, 0) is 4.74 Å². The molecule has 0 aromatic rings. The van der Waals surface area contributed by atoms with Gasteiger partial charge in [0.25, 0.3) is 0 Å². The summed E-state index contributed by atoms with van der Waals surface area (Å²) in [5.74, 6) is 0. The molecule has 2 atom stereocenters. The van der Waals surface area contributed by atoms with Gasteiger partial charge in [-0.05, 0) is 25.7 Å². The average Bonchev–Trinajstić information content (AvgIpc) is 3.07. The second-order valence-electron chi connectivity index (χ2n) is 18.1. The van der Waals surface area contributed by atoms with E-state index in [1.807, 2.05) is 0 Å². The first-order valence-electron chi connectivity index (χ1n) is 23.2. The summed E-state index contributed by atoms with van der Waals surface area (Å²) in [5.41, 5.74) is 0. The van der Waals surface area contributed by atoms with Crippen LogP contribution >= 0.6 is 0 Å². The molecule has 0 aliphatic rings. The number of halogens is 2. The highest BCUT2D eigenvalue weighted by Crippen LogP contribution is 2.16. The molecule has 2 unspecified atom stereocenters. The van der Waals surface area contributed by atoms with Crippen molar-refractivity contribution >= 4 is 0 Å². The number of ether oxygens (including phenoxy) is 1. The molecule has 5 nitrogen and oxygen atoms in total. The summed E-state index contributed by atoms with van der Waals surface area (Å²) in [5, 5.41) is 21.3. The van der Waals surface area contributed by atoms with Crippen molar-refractivity contribution in [1.29, 1.82) is 0 Å². The minimum atomic E-state index is -0.485. The largest absolute Gasteiger partial charge is 1.00 e. The van der Waals surface area contributed by atoms with Gasteiger partial charge in [0, 0.05) is 0 Å². The van der Waals surface area contributed by atoms with E-state index < -0.39 is 12.2 Å². The lowest BCUT2D eigenvalue weighted by atomic mass is 10.0. The number of rotatable bonds is 42. The van der Waals surface area contributed by atoms with Crippen molar-refractivity contribution in [3.05, 3.63) is 0 Å². The minimum absolute atomic E-state index is 0. The molecule has 0 spiro atoms. The van der Waals surface area contributed by atoms with Gasteiger partial charge < -0.3 is 48.7 Å². The SMILES string of the molecule is CCCCCCCCCCCCCCCCCC[N+](C)(C)CC(O)COCC(O)C[N+](C)(C)CCCCCCCCCCCCCCCCCC.[Cl-].[Cl-]. The molecule has 0 bridgehead atoms. The first-order chi connectivity index (χ1) is 24.6. The first-order valence-corrected chi connectivity index (χ1v) is 23.2. The van der Waals surface area contributed by atoms with Gasteiger partial charge in [-0.1, -0.05) is 194 Å². The molecule has 0 aliphatic heterocycles. The van der Waals surface area contributed by atoms with Crippen LogP contribution in [0.2, 0.25) is 0 Å². The van der Waals surface area contributed by atoms with Crippen molar-refractivity contribution in [3.8, 4) is 0 Å². The summed E-state index contributed by atoms with van der Waals surface area (Å²) in [7, 11) is 8.90. The molecule has 0 saturated carbocycles. The Kier molecular flexibility index (Phi) is 45.7. The van der Waals surface area contributed by atoms with E-state index in [1.54, 1.807) is 0 Å². The highest BCUT2D eigenvalue weighted by molar-refractivity contribution is 4.58. The Labute approximate surface area is 346 Å². The highest BCUT2D eigenvalue weighted by Gasteiger charge is 2.23. The summed E-state index contributed by atoms with van der Waals surface area (Å²) < 4.78 is 7.46. The van der Waals surface area contributed by atoms with E-state index in [0.29, 0.717) is 26.3 Å². The fraction of sp³-hybridized carbons (Fsp3) is 1.00. The molecule has 2 N–H and O–H groups in total. The maximum absolute atomic E-state index is 10.6. The van der Waals surface area contributed by atoms with E-state index >= 15 is 0 Å². The van der Waals surface area contributed by atoms with E-state index in [9.17, 15) is 10.2 Å². The molecular weight excluding hydrogens is 699 g/mol. The predicted molar refractivity (Wildman–Crippen MR) is 226 cm³/mol. The predicted octanol–water partition coefficient (Wildman–Crippen LogP) is 6.41. The maximum Gasteiger partial charge on any atom is 0.126 e. The molecule has 0 radical (unpaired) electrons. The van der Waals surface area contributed by atoms with Crippen molar-refractivity contribution in [1.82, 2.24) is 0 Å². The number of aliphatic hydroxyl groups is 2. The number of likely N-dealkylation sites (N-methyl/N-ethyl adjacent to an activating group) is 2. The lowest BCUT2D eigenvalue weighted by Gasteiger charge is -2.33. The smallest absolute Gasteiger partial charge is 0.126 e. The summed E-state index contributed by atoms with van der Waals surface area (Å²) in [6, 6.07) is 0. The lowest BCUT2D eigenvalue weighted by Crippen LogP contribution is -3.00. The number of hydrogen-bond donors (Lipinski definition) is 2. The van der Waals surface area contributed by atoms with Crippen molar-refractivity contribution < 1.29 is 48.7 Å². The van der Waals surface area contributed by atoms with Gasteiger partial charge in [-0.15, -0.1) is 0 Å². The Morgan fingerprint density at radius 2 is 0.528 bits per heavy atom. The Morgan fingerprint density at radius 1 is 0.340 bits per heavy atom. The Balaban J connectivity index is -0.0000125. The van der Waals surface area contributed by atoms with Gasteiger partial charge in [-0.3, -0.25) is 0 Å². The summed E-state index contributed by atoms with van der Waals surface area (Å²) in [6.45, 7) is 8.82. The van der Waals surface area contributed by atoms with Crippen LogP contribution in [0.15, 0.2) is 0 Å². The normalized spacial score (nSPS) is 13.1. The van der Waals surface area contributed by atoms with Crippen LogP contribution in [0.25, 0.3) is 0 Å². The van der Waals surface area contributed by atoms with E-state index in [2.05, 4.69) is 42.0 Å². The van der Waals surface area contributed by atoms with E-state index in [1.165, 1.54) is 205 Å². The molecule has 53 heavy (non-hydrogen) atoms. The van der Waals surface area contributed by atoms with Crippen molar-refractivity contribution in [2.75, 3.05) is 67.6 Å². The standard InChI is InChI=1S/C46H98N2O3.2ClH/c1-7-9-11-13-15-17-19-21-23-25-27-29-31-33-35-37-39-47(3,4)41-45(49)43-51-44-46(50)42-48(5,6)40-38-36-34-32-30-28-26-24-22-20-18-16-14-12-10-8-2;;/h45-46,49-50H,7-44H2,1-6H3;2*1H/q+2;;/p-2.